The van der Waals surface area contributed by atoms with Crippen molar-refractivity contribution in [3.8, 4) is 11.8 Å². The molecule has 1 N–H and O–H groups in total. The number of pyridine rings is 1. The second-order valence-electron chi connectivity index (χ2n) is 2.41. The molecular weight excluding hydrogens is 164 g/mol. The third kappa shape index (κ3) is 2.69. The number of aromatic nitrogens is 1. The van der Waals surface area contributed by atoms with Crippen LogP contribution in [0.3, 0.4) is 0 Å². The van der Waals surface area contributed by atoms with Gasteiger partial charge < -0.3 is 5.32 Å². The average Bonchev–Trinajstić information content (AvgIpc) is 2.19. The topological polar surface area (TPSA) is 42.0 Å². The first-order valence-corrected chi connectivity index (χ1v) is 3.91. The standard InChI is InChI=1S/C10H10N2O/c1-11-5-2-3-9-7-12-6-4-10(9)8-13/h4,6-8,11H,5H2,1H3. The number of carbonyl (C=O) groups excluding carboxylic acids is 1. The van der Waals surface area contributed by atoms with E-state index in [9.17, 15) is 4.79 Å². The lowest BCUT2D eigenvalue weighted by molar-refractivity contribution is 0.112. The Hall–Kier alpha value is -1.66. The van der Waals surface area contributed by atoms with E-state index >= 15 is 0 Å². The van der Waals surface area contributed by atoms with Gasteiger partial charge in [0.15, 0.2) is 6.29 Å². The molecule has 3 heteroatoms. The van der Waals surface area contributed by atoms with E-state index in [1.165, 1.54) is 0 Å². The maximum absolute atomic E-state index is 10.5. The van der Waals surface area contributed by atoms with Crippen molar-refractivity contribution in [3.63, 3.8) is 0 Å². The molecule has 0 unspecified atom stereocenters. The van der Waals surface area contributed by atoms with Crippen molar-refractivity contribution in [2.45, 2.75) is 0 Å². The molecular formula is C10H10N2O. The maximum atomic E-state index is 10.5. The largest absolute Gasteiger partial charge is 0.309 e. The Morgan fingerprint density at radius 1 is 1.69 bits per heavy atom. The van der Waals surface area contributed by atoms with E-state index in [4.69, 9.17) is 0 Å². The van der Waals surface area contributed by atoms with E-state index in [2.05, 4.69) is 22.1 Å². The van der Waals surface area contributed by atoms with Gasteiger partial charge in [0.25, 0.3) is 0 Å². The molecule has 0 saturated heterocycles. The van der Waals surface area contributed by atoms with E-state index < -0.39 is 0 Å². The molecule has 0 amide bonds. The summed E-state index contributed by atoms with van der Waals surface area (Å²) in [5.74, 6) is 5.72. The molecule has 1 aromatic heterocycles. The van der Waals surface area contributed by atoms with Gasteiger partial charge in [0.1, 0.15) is 0 Å². The van der Waals surface area contributed by atoms with E-state index in [1.807, 2.05) is 7.05 Å². The van der Waals surface area contributed by atoms with Gasteiger partial charge in [-0.1, -0.05) is 11.8 Å². The first kappa shape index (κ1) is 9.43. The molecule has 0 fully saturated rings. The Morgan fingerprint density at radius 3 is 3.23 bits per heavy atom. The van der Waals surface area contributed by atoms with Gasteiger partial charge >= 0.3 is 0 Å². The molecule has 13 heavy (non-hydrogen) atoms. The lowest BCUT2D eigenvalue weighted by Crippen LogP contribution is -2.04. The molecule has 0 aliphatic heterocycles. The summed E-state index contributed by atoms with van der Waals surface area (Å²) in [6.07, 6.45) is 3.95. The van der Waals surface area contributed by atoms with E-state index in [0.29, 0.717) is 17.7 Å². The number of nitrogens with one attached hydrogen (secondary N) is 1. The predicted molar refractivity (Wildman–Crippen MR) is 50.4 cm³/mol. The molecule has 1 heterocycles. The summed E-state index contributed by atoms with van der Waals surface area (Å²) < 4.78 is 0. The Kier molecular flexibility index (Phi) is 3.68. The molecule has 1 aromatic rings. The highest BCUT2D eigenvalue weighted by atomic mass is 16.1. The van der Waals surface area contributed by atoms with Crippen LogP contribution in [0.4, 0.5) is 0 Å². The van der Waals surface area contributed by atoms with E-state index in [1.54, 1.807) is 18.5 Å². The lowest BCUT2D eigenvalue weighted by atomic mass is 10.1. The van der Waals surface area contributed by atoms with E-state index in [0.717, 1.165) is 6.29 Å². The maximum Gasteiger partial charge on any atom is 0.151 e. The minimum atomic E-state index is 0.582. The Bertz CT molecular complexity index is 349. The van der Waals surface area contributed by atoms with Gasteiger partial charge in [0.2, 0.25) is 0 Å². The smallest absolute Gasteiger partial charge is 0.151 e. The van der Waals surface area contributed by atoms with Gasteiger partial charge in [0.05, 0.1) is 12.1 Å². The van der Waals surface area contributed by atoms with Crippen molar-refractivity contribution >= 4 is 6.29 Å². The highest BCUT2D eigenvalue weighted by Crippen LogP contribution is 2.00. The minimum Gasteiger partial charge on any atom is -0.309 e. The van der Waals surface area contributed by atoms with Crippen LogP contribution in [0.5, 0.6) is 0 Å². The SMILES string of the molecule is CNCC#Cc1cnccc1C=O. The number of hydrogen-bond donors (Lipinski definition) is 1. The van der Waals surface area contributed by atoms with Crippen LogP contribution in [0, 0.1) is 11.8 Å². The van der Waals surface area contributed by atoms with Gasteiger partial charge in [-0.2, -0.15) is 0 Å². The average molecular weight is 174 g/mol. The van der Waals surface area contributed by atoms with Gasteiger partial charge in [-0.15, -0.1) is 0 Å². The zero-order valence-electron chi connectivity index (χ0n) is 7.37. The fourth-order valence-corrected chi connectivity index (χ4v) is 0.840. The van der Waals surface area contributed by atoms with Crippen LogP contribution >= 0.6 is 0 Å². The lowest BCUT2D eigenvalue weighted by Gasteiger charge is -1.92. The Labute approximate surface area is 77.2 Å². The molecule has 0 radical (unpaired) electrons. The zero-order chi connectivity index (χ0) is 9.52. The van der Waals surface area contributed by atoms with Gasteiger partial charge in [0, 0.05) is 18.0 Å². The molecule has 0 aliphatic carbocycles. The van der Waals surface area contributed by atoms with Crippen molar-refractivity contribution < 1.29 is 4.79 Å². The highest BCUT2D eigenvalue weighted by molar-refractivity contribution is 5.78. The number of nitrogens with zero attached hydrogens (tertiary/aromatic N) is 1. The van der Waals surface area contributed by atoms with Crippen LogP contribution in [0.25, 0.3) is 0 Å². The molecule has 0 spiro atoms. The van der Waals surface area contributed by atoms with Gasteiger partial charge in [-0.05, 0) is 13.1 Å². The molecule has 0 aromatic carbocycles. The Balaban J connectivity index is 2.88. The van der Waals surface area contributed by atoms with Crippen LogP contribution in [0.1, 0.15) is 15.9 Å². The summed E-state index contributed by atoms with van der Waals surface area (Å²) in [5, 5.41) is 2.89. The molecule has 0 bridgehead atoms. The molecule has 66 valence electrons. The molecule has 0 aliphatic rings. The van der Waals surface area contributed by atoms with Crippen LogP contribution in [-0.4, -0.2) is 24.9 Å². The van der Waals surface area contributed by atoms with Crippen LogP contribution < -0.4 is 5.32 Å². The van der Waals surface area contributed by atoms with Gasteiger partial charge in [-0.25, -0.2) is 0 Å². The molecule has 0 saturated carbocycles. The highest BCUT2D eigenvalue weighted by Gasteiger charge is 1.95. The summed E-state index contributed by atoms with van der Waals surface area (Å²) in [6, 6.07) is 1.65. The number of carbonyl (C=O) groups is 1. The monoisotopic (exact) mass is 174 g/mol. The first-order valence-electron chi connectivity index (χ1n) is 3.91. The summed E-state index contributed by atoms with van der Waals surface area (Å²) in [7, 11) is 1.82. The zero-order valence-corrected chi connectivity index (χ0v) is 7.37. The quantitative estimate of drug-likeness (QED) is 0.523. The molecule has 1 rings (SSSR count). The molecule has 3 nitrogen and oxygen atoms in total. The van der Waals surface area contributed by atoms with Crippen molar-refractivity contribution in [3.05, 3.63) is 29.6 Å². The number of aldehydes is 1. The first-order chi connectivity index (χ1) is 6.38. The van der Waals surface area contributed by atoms with Crippen molar-refractivity contribution in [2.24, 2.45) is 0 Å². The number of rotatable bonds is 2. The van der Waals surface area contributed by atoms with E-state index in [-0.39, 0.29) is 0 Å². The second kappa shape index (κ2) is 5.07. The van der Waals surface area contributed by atoms with Crippen LogP contribution in [0.2, 0.25) is 0 Å². The summed E-state index contributed by atoms with van der Waals surface area (Å²) in [6.45, 7) is 0.604. The summed E-state index contributed by atoms with van der Waals surface area (Å²) >= 11 is 0. The second-order valence-corrected chi connectivity index (χ2v) is 2.41. The minimum absolute atomic E-state index is 0.582. The van der Waals surface area contributed by atoms with Crippen LogP contribution in [-0.2, 0) is 0 Å². The predicted octanol–water partition coefficient (Wildman–Crippen LogP) is 0.465. The summed E-state index contributed by atoms with van der Waals surface area (Å²) in [5.41, 5.74) is 1.26. The molecule has 0 atom stereocenters. The van der Waals surface area contributed by atoms with Crippen molar-refractivity contribution in [1.82, 2.24) is 10.3 Å². The fraction of sp³-hybridized carbons (Fsp3) is 0.200. The normalized spacial score (nSPS) is 8.69. The third-order valence-corrected chi connectivity index (χ3v) is 1.47. The van der Waals surface area contributed by atoms with Crippen LogP contribution in [0.15, 0.2) is 18.5 Å². The summed E-state index contributed by atoms with van der Waals surface area (Å²) in [4.78, 5) is 14.4. The fourth-order valence-electron chi connectivity index (χ4n) is 0.840. The third-order valence-electron chi connectivity index (χ3n) is 1.47. The van der Waals surface area contributed by atoms with Crippen molar-refractivity contribution in [1.29, 1.82) is 0 Å². The van der Waals surface area contributed by atoms with Crippen molar-refractivity contribution in [2.75, 3.05) is 13.6 Å². The number of hydrogen-bond acceptors (Lipinski definition) is 3. The van der Waals surface area contributed by atoms with Gasteiger partial charge in [-0.3, -0.25) is 9.78 Å². The Morgan fingerprint density at radius 2 is 2.54 bits per heavy atom.